The monoisotopic (exact) mass is 220 g/mol. The first-order valence-electron chi connectivity index (χ1n) is 4.94. The summed E-state index contributed by atoms with van der Waals surface area (Å²) in [6, 6.07) is 8.11. The van der Waals surface area contributed by atoms with E-state index >= 15 is 0 Å². The predicted molar refractivity (Wildman–Crippen MR) is 67.4 cm³/mol. The lowest BCUT2D eigenvalue weighted by Gasteiger charge is -2.12. The Kier molecular flexibility index (Phi) is 4.51. The second-order valence-corrected chi connectivity index (χ2v) is 4.86. The predicted octanol–water partition coefficient (Wildman–Crippen LogP) is 3.03. The first-order chi connectivity index (χ1) is 7.17. The molecule has 0 heterocycles. The van der Waals surface area contributed by atoms with Gasteiger partial charge in [-0.3, -0.25) is 0 Å². The second-order valence-electron chi connectivity index (χ2n) is 3.59. The molecule has 0 radical (unpaired) electrons. The summed E-state index contributed by atoms with van der Waals surface area (Å²) in [5.41, 5.74) is 2.78. The van der Waals surface area contributed by atoms with Crippen molar-refractivity contribution in [2.75, 3.05) is 18.1 Å². The van der Waals surface area contributed by atoms with E-state index in [9.17, 15) is 0 Å². The van der Waals surface area contributed by atoms with Crippen molar-refractivity contribution in [3.05, 3.63) is 29.3 Å². The zero-order valence-corrected chi connectivity index (χ0v) is 10.2. The normalized spacial score (nSPS) is 11.9. The number of benzene rings is 1. The summed E-state index contributed by atoms with van der Waals surface area (Å²) in [7, 11) is 0. The number of nitrogens with zero attached hydrogens (tertiary/aromatic N) is 1. The van der Waals surface area contributed by atoms with E-state index in [1.165, 1.54) is 0 Å². The number of nitrogens with one attached hydrogen (secondary N) is 1. The van der Waals surface area contributed by atoms with Crippen LogP contribution in [-0.2, 0) is 0 Å². The molecule has 1 aromatic carbocycles. The van der Waals surface area contributed by atoms with Gasteiger partial charge in [-0.25, -0.2) is 0 Å². The molecule has 0 saturated carbocycles. The van der Waals surface area contributed by atoms with Crippen molar-refractivity contribution < 1.29 is 0 Å². The molecule has 3 heteroatoms. The summed E-state index contributed by atoms with van der Waals surface area (Å²) >= 11 is 1.82. The Morgan fingerprint density at radius 1 is 1.53 bits per heavy atom. The van der Waals surface area contributed by atoms with Crippen LogP contribution in [0.1, 0.15) is 18.1 Å². The highest BCUT2D eigenvalue weighted by atomic mass is 32.2. The highest BCUT2D eigenvalue weighted by Gasteiger charge is 2.03. The summed E-state index contributed by atoms with van der Waals surface area (Å²) in [6.45, 7) is 5.05. The molecule has 0 spiro atoms. The molecule has 2 nitrogen and oxygen atoms in total. The van der Waals surface area contributed by atoms with Crippen molar-refractivity contribution in [2.24, 2.45) is 0 Å². The third-order valence-corrected chi connectivity index (χ3v) is 3.25. The van der Waals surface area contributed by atoms with Gasteiger partial charge in [0.2, 0.25) is 0 Å². The second kappa shape index (κ2) is 5.67. The summed E-state index contributed by atoms with van der Waals surface area (Å²) in [5.74, 6) is 0. The third kappa shape index (κ3) is 3.49. The number of hydrogen-bond donors (Lipinski definition) is 1. The van der Waals surface area contributed by atoms with Crippen molar-refractivity contribution >= 4 is 17.4 Å². The number of nitriles is 1. The van der Waals surface area contributed by atoms with Crippen LogP contribution in [0.25, 0.3) is 0 Å². The highest BCUT2D eigenvalue weighted by Crippen LogP contribution is 2.17. The maximum atomic E-state index is 8.97. The van der Waals surface area contributed by atoms with Crippen LogP contribution in [0.4, 0.5) is 5.69 Å². The van der Waals surface area contributed by atoms with Crippen LogP contribution in [0.15, 0.2) is 18.2 Å². The lowest BCUT2D eigenvalue weighted by molar-refractivity contribution is 1.00. The van der Waals surface area contributed by atoms with Crippen molar-refractivity contribution in [1.82, 2.24) is 0 Å². The van der Waals surface area contributed by atoms with E-state index in [4.69, 9.17) is 5.26 Å². The molecule has 0 bridgehead atoms. The van der Waals surface area contributed by atoms with Crippen molar-refractivity contribution in [3.63, 3.8) is 0 Å². The topological polar surface area (TPSA) is 35.8 Å². The van der Waals surface area contributed by atoms with Crippen LogP contribution in [-0.4, -0.2) is 18.1 Å². The Bertz CT molecular complexity index is 368. The van der Waals surface area contributed by atoms with Crippen LogP contribution < -0.4 is 5.32 Å². The highest BCUT2D eigenvalue weighted by molar-refractivity contribution is 7.99. The standard InChI is InChI=1S/C12H16N2S/c1-9-4-5-12(11(6-9)7-13)14-8-10(2)15-3/h4-6,10,14H,8H2,1-3H3. The van der Waals surface area contributed by atoms with Crippen LogP contribution in [0.3, 0.4) is 0 Å². The van der Waals surface area contributed by atoms with Gasteiger partial charge in [0.15, 0.2) is 0 Å². The van der Waals surface area contributed by atoms with Crippen LogP contribution >= 0.6 is 11.8 Å². The lowest BCUT2D eigenvalue weighted by Crippen LogP contribution is -2.13. The van der Waals surface area contributed by atoms with Gasteiger partial charge in [-0.15, -0.1) is 0 Å². The van der Waals surface area contributed by atoms with Crippen LogP contribution in [0.2, 0.25) is 0 Å². The number of anilines is 1. The van der Waals surface area contributed by atoms with Gasteiger partial charge in [-0.1, -0.05) is 13.0 Å². The van der Waals surface area contributed by atoms with E-state index in [2.05, 4.69) is 24.6 Å². The molecule has 1 aromatic rings. The molecular weight excluding hydrogens is 204 g/mol. The van der Waals surface area contributed by atoms with Crippen molar-refractivity contribution in [2.45, 2.75) is 19.1 Å². The Balaban J connectivity index is 2.73. The zero-order chi connectivity index (χ0) is 11.3. The largest absolute Gasteiger partial charge is 0.383 e. The van der Waals surface area contributed by atoms with Crippen molar-refractivity contribution in [3.8, 4) is 6.07 Å². The fourth-order valence-electron chi connectivity index (χ4n) is 1.24. The number of thioether (sulfide) groups is 1. The van der Waals surface area contributed by atoms with Gasteiger partial charge in [-0.05, 0) is 30.9 Å². The van der Waals surface area contributed by atoms with Gasteiger partial charge in [-0.2, -0.15) is 17.0 Å². The third-order valence-electron chi connectivity index (χ3n) is 2.28. The maximum absolute atomic E-state index is 8.97. The Labute approximate surface area is 95.7 Å². The molecule has 1 atom stereocenters. The molecule has 80 valence electrons. The number of rotatable bonds is 4. The SMILES string of the molecule is CSC(C)CNc1ccc(C)cc1C#N. The minimum absolute atomic E-state index is 0.554. The van der Waals surface area contributed by atoms with Gasteiger partial charge in [0.1, 0.15) is 6.07 Å². The summed E-state index contributed by atoms with van der Waals surface area (Å²) < 4.78 is 0. The smallest absolute Gasteiger partial charge is 0.101 e. The molecule has 0 aliphatic heterocycles. The minimum atomic E-state index is 0.554. The van der Waals surface area contributed by atoms with Gasteiger partial charge in [0.05, 0.1) is 11.3 Å². The van der Waals surface area contributed by atoms with Gasteiger partial charge in [0, 0.05) is 11.8 Å². The maximum Gasteiger partial charge on any atom is 0.101 e. The summed E-state index contributed by atoms with van der Waals surface area (Å²) in [4.78, 5) is 0. The van der Waals surface area contributed by atoms with E-state index in [0.29, 0.717) is 5.25 Å². The molecule has 0 amide bonds. The van der Waals surface area contributed by atoms with E-state index < -0.39 is 0 Å². The molecule has 15 heavy (non-hydrogen) atoms. The molecule has 0 saturated heterocycles. The van der Waals surface area contributed by atoms with Crippen LogP contribution in [0, 0.1) is 18.3 Å². The minimum Gasteiger partial charge on any atom is -0.383 e. The first kappa shape index (κ1) is 11.9. The quantitative estimate of drug-likeness (QED) is 0.847. The van der Waals surface area contributed by atoms with E-state index in [-0.39, 0.29) is 0 Å². The Morgan fingerprint density at radius 2 is 2.27 bits per heavy atom. The van der Waals surface area contributed by atoms with E-state index in [1.807, 2.05) is 36.9 Å². The Hall–Kier alpha value is -1.14. The molecular formula is C12H16N2S. The average molecular weight is 220 g/mol. The van der Waals surface area contributed by atoms with E-state index in [0.717, 1.165) is 23.4 Å². The lowest BCUT2D eigenvalue weighted by atomic mass is 10.1. The van der Waals surface area contributed by atoms with Gasteiger partial charge in [0.25, 0.3) is 0 Å². The number of hydrogen-bond acceptors (Lipinski definition) is 3. The fourth-order valence-corrected chi connectivity index (χ4v) is 1.49. The van der Waals surface area contributed by atoms with Gasteiger partial charge >= 0.3 is 0 Å². The molecule has 1 rings (SSSR count). The molecule has 1 N–H and O–H groups in total. The molecule has 0 fully saturated rings. The van der Waals surface area contributed by atoms with Crippen molar-refractivity contribution in [1.29, 1.82) is 5.26 Å². The first-order valence-corrected chi connectivity index (χ1v) is 6.23. The molecule has 1 unspecified atom stereocenters. The fraction of sp³-hybridized carbons (Fsp3) is 0.417. The van der Waals surface area contributed by atoms with Gasteiger partial charge < -0.3 is 5.32 Å². The van der Waals surface area contributed by atoms with E-state index in [1.54, 1.807) is 0 Å². The zero-order valence-electron chi connectivity index (χ0n) is 9.37. The molecule has 0 aromatic heterocycles. The summed E-state index contributed by atoms with van der Waals surface area (Å²) in [5, 5.41) is 12.8. The Morgan fingerprint density at radius 3 is 2.87 bits per heavy atom. The molecule has 0 aliphatic carbocycles. The summed E-state index contributed by atoms with van der Waals surface area (Å²) in [6.07, 6.45) is 2.09. The average Bonchev–Trinajstić information content (AvgIpc) is 2.26. The number of aryl methyl sites for hydroxylation is 1. The molecule has 0 aliphatic rings. The van der Waals surface area contributed by atoms with Crippen LogP contribution in [0.5, 0.6) is 0 Å².